The average molecular weight is 504 g/mol. The quantitative estimate of drug-likeness (QED) is 0.253. The lowest BCUT2D eigenvalue weighted by Crippen LogP contribution is -2.38. The molecule has 2 aromatic carbocycles. The van der Waals surface area contributed by atoms with E-state index in [0.717, 1.165) is 4.31 Å². The number of nitrogens with zero attached hydrogens (tertiary/aromatic N) is 2. The van der Waals surface area contributed by atoms with Gasteiger partial charge >= 0.3 is 5.97 Å². The van der Waals surface area contributed by atoms with Crippen LogP contribution in [0.3, 0.4) is 0 Å². The third-order valence-corrected chi connectivity index (χ3v) is 6.72. The summed E-state index contributed by atoms with van der Waals surface area (Å²) < 4.78 is 33.8. The largest absolute Gasteiger partial charge is 0.459 e. The number of anilines is 1. The fraction of sp³-hybridized carbons (Fsp3) is 0.261. The van der Waals surface area contributed by atoms with Gasteiger partial charge < -0.3 is 15.8 Å². The van der Waals surface area contributed by atoms with Crippen LogP contribution in [0.1, 0.15) is 26.3 Å². The number of hydrogen-bond acceptors (Lipinski definition) is 6. The van der Waals surface area contributed by atoms with Crippen molar-refractivity contribution < 1.29 is 17.9 Å². The van der Waals surface area contributed by atoms with Gasteiger partial charge in [-0.05, 0) is 38.5 Å². The topological polar surface area (TPSA) is 138 Å². The van der Waals surface area contributed by atoms with Gasteiger partial charge in [0.05, 0.1) is 9.92 Å². The van der Waals surface area contributed by atoms with Gasteiger partial charge in [0.2, 0.25) is 10.0 Å². The van der Waals surface area contributed by atoms with Crippen molar-refractivity contribution in [3.63, 3.8) is 0 Å². The summed E-state index contributed by atoms with van der Waals surface area (Å²) in [4.78, 5) is 16.6. The second-order valence-electron chi connectivity index (χ2n) is 8.55. The highest BCUT2D eigenvalue weighted by molar-refractivity contribution is 7.89. The summed E-state index contributed by atoms with van der Waals surface area (Å²) in [5.41, 5.74) is 5.38. The Balaban J connectivity index is 2.07. The van der Waals surface area contributed by atoms with Crippen LogP contribution in [0, 0.1) is 5.41 Å². The molecule has 180 valence electrons. The highest BCUT2D eigenvalue weighted by Crippen LogP contribution is 2.31. The number of pyridine rings is 1. The molecule has 4 N–H and O–H groups in total. The van der Waals surface area contributed by atoms with Gasteiger partial charge in [-0.1, -0.05) is 48.0 Å². The van der Waals surface area contributed by atoms with Crippen LogP contribution < -0.4 is 11.1 Å². The number of guanidine groups is 1. The number of esters is 1. The van der Waals surface area contributed by atoms with Gasteiger partial charge in [-0.2, -0.15) is 4.31 Å². The summed E-state index contributed by atoms with van der Waals surface area (Å²) in [6.07, 6.45) is 1.38. The molecule has 0 atom stereocenters. The number of halogens is 1. The molecule has 0 saturated heterocycles. The number of benzene rings is 2. The van der Waals surface area contributed by atoms with Crippen LogP contribution >= 0.6 is 11.6 Å². The molecule has 0 spiro atoms. The van der Waals surface area contributed by atoms with Crippen LogP contribution in [0.15, 0.2) is 59.6 Å². The third-order valence-electron chi connectivity index (χ3n) is 4.63. The van der Waals surface area contributed by atoms with Crippen LogP contribution in [0.2, 0.25) is 5.02 Å². The Morgan fingerprint density at radius 3 is 2.47 bits per heavy atom. The monoisotopic (exact) mass is 503 g/mol. The first-order chi connectivity index (χ1) is 15.9. The summed E-state index contributed by atoms with van der Waals surface area (Å²) in [6, 6.07) is 13.3. The molecule has 0 aliphatic carbocycles. The van der Waals surface area contributed by atoms with Crippen molar-refractivity contribution in [3.05, 3.63) is 65.3 Å². The zero-order valence-corrected chi connectivity index (χ0v) is 20.6. The number of rotatable bonds is 7. The lowest BCUT2D eigenvalue weighted by molar-refractivity contribution is -0.155. The Morgan fingerprint density at radius 2 is 1.85 bits per heavy atom. The second kappa shape index (κ2) is 9.96. The van der Waals surface area contributed by atoms with Crippen molar-refractivity contribution in [2.45, 2.75) is 37.8 Å². The van der Waals surface area contributed by atoms with Gasteiger partial charge in [-0.15, -0.1) is 0 Å². The van der Waals surface area contributed by atoms with Crippen LogP contribution in [0.4, 0.5) is 5.82 Å². The summed E-state index contributed by atoms with van der Waals surface area (Å²) in [6.45, 7) is 4.63. The highest BCUT2D eigenvalue weighted by atomic mass is 35.5. The molecule has 1 heterocycles. The zero-order valence-electron chi connectivity index (χ0n) is 19.0. The molecule has 0 unspecified atom stereocenters. The maximum atomic E-state index is 13.7. The maximum Gasteiger partial charge on any atom is 0.321 e. The van der Waals surface area contributed by atoms with E-state index in [-0.39, 0.29) is 23.2 Å². The number of aromatic nitrogens is 1. The van der Waals surface area contributed by atoms with Crippen molar-refractivity contribution in [1.29, 1.82) is 5.41 Å². The molecule has 11 heteroatoms. The van der Waals surface area contributed by atoms with Crippen LogP contribution in [-0.4, -0.2) is 41.8 Å². The molecule has 0 bridgehead atoms. The van der Waals surface area contributed by atoms with Crippen molar-refractivity contribution in [1.82, 2.24) is 9.29 Å². The molecule has 3 aromatic rings. The number of nitrogens with two attached hydrogens (primary N) is 1. The molecule has 0 amide bonds. The molecule has 0 aliphatic heterocycles. The van der Waals surface area contributed by atoms with E-state index in [1.54, 1.807) is 51.1 Å². The minimum Gasteiger partial charge on any atom is -0.459 e. The fourth-order valence-corrected chi connectivity index (χ4v) is 4.87. The minimum absolute atomic E-state index is 0.0349. The number of sulfonamides is 1. The van der Waals surface area contributed by atoms with Gasteiger partial charge in [0.25, 0.3) is 0 Å². The van der Waals surface area contributed by atoms with E-state index in [1.807, 2.05) is 6.07 Å². The van der Waals surface area contributed by atoms with E-state index in [9.17, 15) is 13.2 Å². The minimum atomic E-state index is -4.15. The van der Waals surface area contributed by atoms with Crippen molar-refractivity contribution >= 4 is 50.1 Å². The predicted octanol–water partition coefficient (Wildman–Crippen LogP) is 3.73. The van der Waals surface area contributed by atoms with Gasteiger partial charge in [0, 0.05) is 23.5 Å². The van der Waals surface area contributed by atoms with E-state index in [1.165, 1.54) is 18.3 Å². The fourth-order valence-electron chi connectivity index (χ4n) is 3.26. The molecule has 9 nitrogen and oxygen atoms in total. The SMILES string of the molecule is CC(C)(C)OC(=O)CN(Cc1ccccc1)S(=O)(=O)c1ccc2c(Cl)cnc(NC(=N)N)c2c1. The highest BCUT2D eigenvalue weighted by Gasteiger charge is 2.29. The van der Waals surface area contributed by atoms with Crippen LogP contribution in [0.5, 0.6) is 0 Å². The Morgan fingerprint density at radius 1 is 1.18 bits per heavy atom. The summed E-state index contributed by atoms with van der Waals surface area (Å²) in [7, 11) is -4.15. The Bertz CT molecular complexity index is 1320. The molecule has 1 aromatic heterocycles. The Hall–Kier alpha value is -3.21. The predicted molar refractivity (Wildman–Crippen MR) is 132 cm³/mol. The van der Waals surface area contributed by atoms with Crippen molar-refractivity contribution in [3.8, 4) is 0 Å². The van der Waals surface area contributed by atoms with E-state index in [0.29, 0.717) is 21.4 Å². The van der Waals surface area contributed by atoms with Gasteiger partial charge in [-0.3, -0.25) is 10.2 Å². The van der Waals surface area contributed by atoms with Crippen molar-refractivity contribution in [2.75, 3.05) is 11.9 Å². The summed E-state index contributed by atoms with van der Waals surface area (Å²) >= 11 is 6.24. The first-order valence-electron chi connectivity index (χ1n) is 10.3. The van der Waals surface area contributed by atoms with E-state index in [2.05, 4.69) is 10.3 Å². The first kappa shape index (κ1) is 25.4. The number of nitrogens with one attached hydrogen (secondary N) is 2. The number of hydrogen-bond donors (Lipinski definition) is 3. The van der Waals surface area contributed by atoms with E-state index < -0.39 is 28.1 Å². The standard InChI is InChI=1S/C23H26ClN5O4S/c1-23(2,3)33-20(30)14-29(13-15-7-5-4-6-8-15)34(31,32)16-9-10-17-18(11-16)21(28-22(25)26)27-12-19(17)24/h4-12H,13-14H2,1-3H3,(H4,25,26,27,28). The average Bonchev–Trinajstić information content (AvgIpc) is 2.74. The molecule has 34 heavy (non-hydrogen) atoms. The Kier molecular flexibility index (Phi) is 7.44. The lowest BCUT2D eigenvalue weighted by atomic mass is 10.1. The first-order valence-corrected chi connectivity index (χ1v) is 12.1. The number of fused-ring (bicyclic) bond motifs is 1. The second-order valence-corrected chi connectivity index (χ2v) is 10.9. The Labute approximate surface area is 203 Å². The molecule has 0 saturated carbocycles. The van der Waals surface area contributed by atoms with E-state index in [4.69, 9.17) is 27.5 Å². The van der Waals surface area contributed by atoms with Crippen molar-refractivity contribution in [2.24, 2.45) is 5.73 Å². The molecule has 0 fully saturated rings. The molecular formula is C23H26ClN5O4S. The number of carbonyl (C=O) groups is 1. The summed E-state index contributed by atoms with van der Waals surface area (Å²) in [5.74, 6) is -0.845. The van der Waals surface area contributed by atoms with E-state index >= 15 is 0 Å². The maximum absolute atomic E-state index is 13.7. The number of carbonyl (C=O) groups excluding carboxylic acids is 1. The van der Waals surface area contributed by atoms with Gasteiger partial charge in [0.1, 0.15) is 18.0 Å². The third kappa shape index (κ3) is 6.22. The van der Waals surface area contributed by atoms with Gasteiger partial charge in [-0.25, -0.2) is 13.4 Å². The molecule has 3 rings (SSSR count). The molecule has 0 radical (unpaired) electrons. The summed E-state index contributed by atoms with van der Waals surface area (Å²) in [5, 5.41) is 11.3. The lowest BCUT2D eigenvalue weighted by Gasteiger charge is -2.25. The number of ether oxygens (including phenoxy) is 1. The van der Waals surface area contributed by atoms with Crippen LogP contribution in [-0.2, 0) is 26.1 Å². The normalized spacial score (nSPS) is 12.0. The smallest absolute Gasteiger partial charge is 0.321 e. The zero-order chi connectivity index (χ0) is 25.1. The van der Waals surface area contributed by atoms with Gasteiger partial charge in [0.15, 0.2) is 5.96 Å². The van der Waals surface area contributed by atoms with Crippen LogP contribution in [0.25, 0.3) is 10.8 Å². The molecular weight excluding hydrogens is 478 g/mol. The molecule has 0 aliphatic rings.